The Morgan fingerprint density at radius 2 is 1.77 bits per heavy atom. The highest BCUT2D eigenvalue weighted by Gasteiger charge is 2.19. The first kappa shape index (κ1) is 20.8. The first-order chi connectivity index (χ1) is 15.0. The number of urea groups is 1. The lowest BCUT2D eigenvalue weighted by molar-refractivity contribution is 0.1000. The summed E-state index contributed by atoms with van der Waals surface area (Å²) in [5.74, 6) is 0.890. The third-order valence-electron chi connectivity index (χ3n) is 5.59. The summed E-state index contributed by atoms with van der Waals surface area (Å²) < 4.78 is 11.2. The molecule has 0 aromatic heterocycles. The van der Waals surface area contributed by atoms with E-state index in [1.807, 2.05) is 24.3 Å². The molecule has 2 aromatic rings. The van der Waals surface area contributed by atoms with Crippen molar-refractivity contribution in [2.75, 3.05) is 43.6 Å². The van der Waals surface area contributed by atoms with Crippen LogP contribution in [0.4, 0.5) is 16.2 Å². The monoisotopic (exact) mass is 424 g/mol. The van der Waals surface area contributed by atoms with Gasteiger partial charge >= 0.3 is 6.03 Å². The minimum atomic E-state index is -0.523. The number of nitrogens with two attached hydrogens (primary N) is 1. The Kier molecular flexibility index (Phi) is 6.16. The van der Waals surface area contributed by atoms with E-state index < -0.39 is 5.91 Å². The van der Waals surface area contributed by atoms with E-state index in [0.29, 0.717) is 36.8 Å². The van der Waals surface area contributed by atoms with Gasteiger partial charge in [-0.1, -0.05) is 6.07 Å². The number of carbonyl (C=O) groups excluding carboxylic acids is 2. The molecule has 2 aliphatic rings. The van der Waals surface area contributed by atoms with Crippen molar-refractivity contribution in [1.29, 1.82) is 0 Å². The fourth-order valence-electron chi connectivity index (χ4n) is 3.94. The molecule has 1 fully saturated rings. The van der Waals surface area contributed by atoms with E-state index in [0.717, 1.165) is 42.9 Å². The van der Waals surface area contributed by atoms with E-state index in [-0.39, 0.29) is 6.03 Å². The molecule has 0 saturated carbocycles. The summed E-state index contributed by atoms with van der Waals surface area (Å²) in [5.41, 5.74) is 8.27. The van der Waals surface area contributed by atoms with Crippen LogP contribution in [0.5, 0.6) is 11.5 Å². The molecule has 164 valence electrons. The summed E-state index contributed by atoms with van der Waals surface area (Å²) in [6.07, 6.45) is 3.42. The number of primary amides is 1. The number of hydrogen-bond acceptors (Lipinski definition) is 5. The van der Waals surface area contributed by atoms with Crippen LogP contribution >= 0.6 is 0 Å². The number of piperidine rings is 1. The second kappa shape index (κ2) is 9.16. The number of fused-ring (bicyclic) bond motifs is 1. The van der Waals surface area contributed by atoms with Crippen molar-refractivity contribution < 1.29 is 19.1 Å². The van der Waals surface area contributed by atoms with Crippen LogP contribution in [-0.4, -0.2) is 50.2 Å². The van der Waals surface area contributed by atoms with Crippen LogP contribution in [0.1, 0.15) is 35.2 Å². The molecule has 3 amide bonds. The van der Waals surface area contributed by atoms with Crippen molar-refractivity contribution in [3.8, 4) is 11.5 Å². The van der Waals surface area contributed by atoms with Crippen molar-refractivity contribution in [3.63, 3.8) is 0 Å². The van der Waals surface area contributed by atoms with Crippen LogP contribution < -0.4 is 25.4 Å². The molecular weight excluding hydrogens is 396 g/mol. The number of nitrogens with one attached hydrogen (secondary N) is 1. The largest absolute Gasteiger partial charge is 0.486 e. The molecule has 4 rings (SSSR count). The fraction of sp³-hybridized carbons (Fsp3) is 0.391. The predicted molar refractivity (Wildman–Crippen MR) is 119 cm³/mol. The van der Waals surface area contributed by atoms with Gasteiger partial charge in [0, 0.05) is 32.2 Å². The maximum Gasteiger partial charge on any atom is 0.321 e. The van der Waals surface area contributed by atoms with Gasteiger partial charge in [0.1, 0.15) is 13.2 Å². The first-order valence-corrected chi connectivity index (χ1v) is 10.6. The lowest BCUT2D eigenvalue weighted by Crippen LogP contribution is -2.33. The zero-order valence-corrected chi connectivity index (χ0v) is 17.7. The predicted octanol–water partition coefficient (Wildman–Crippen LogP) is 3.21. The van der Waals surface area contributed by atoms with Crippen LogP contribution in [0.15, 0.2) is 36.4 Å². The molecule has 0 spiro atoms. The van der Waals surface area contributed by atoms with Crippen LogP contribution in [0.25, 0.3) is 0 Å². The lowest BCUT2D eigenvalue weighted by Gasteiger charge is -2.31. The Hall–Kier alpha value is -3.42. The van der Waals surface area contributed by atoms with Gasteiger partial charge in [-0.2, -0.15) is 0 Å². The van der Waals surface area contributed by atoms with E-state index in [2.05, 4.69) is 10.2 Å². The van der Waals surface area contributed by atoms with E-state index in [1.54, 1.807) is 24.1 Å². The van der Waals surface area contributed by atoms with E-state index in [4.69, 9.17) is 15.2 Å². The number of carbonyl (C=O) groups is 2. The Morgan fingerprint density at radius 1 is 1.03 bits per heavy atom. The van der Waals surface area contributed by atoms with E-state index in [9.17, 15) is 9.59 Å². The summed E-state index contributed by atoms with van der Waals surface area (Å²) in [6.45, 7) is 3.30. The van der Waals surface area contributed by atoms with Crippen LogP contribution in [0, 0.1) is 0 Å². The maximum atomic E-state index is 12.9. The van der Waals surface area contributed by atoms with Crippen molar-refractivity contribution in [2.45, 2.75) is 25.8 Å². The van der Waals surface area contributed by atoms with Gasteiger partial charge in [0.2, 0.25) is 5.91 Å². The normalized spacial score (nSPS) is 15.3. The standard InChI is InChI=1S/C23H28N4O4/c1-26(15-16-5-8-20-21(13-16)31-12-11-30-20)23(29)25-18-14-17(22(24)28)6-7-19(18)27-9-3-2-4-10-27/h5-8,13-14H,2-4,9-12,15H2,1H3,(H2,24,28)(H,25,29). The van der Waals surface area contributed by atoms with Gasteiger partial charge in [-0.3, -0.25) is 4.79 Å². The van der Waals surface area contributed by atoms with Crippen molar-refractivity contribution in [1.82, 2.24) is 4.90 Å². The number of amides is 3. The molecule has 8 heteroatoms. The molecule has 0 radical (unpaired) electrons. The average Bonchev–Trinajstić information content (AvgIpc) is 2.79. The Balaban J connectivity index is 1.50. The quantitative estimate of drug-likeness (QED) is 0.768. The summed E-state index contributed by atoms with van der Waals surface area (Å²) in [5, 5.41) is 2.97. The summed E-state index contributed by atoms with van der Waals surface area (Å²) in [6, 6.07) is 10.6. The zero-order chi connectivity index (χ0) is 21.8. The highest BCUT2D eigenvalue weighted by molar-refractivity contribution is 5.98. The molecule has 1 saturated heterocycles. The number of hydrogen-bond donors (Lipinski definition) is 2. The Bertz CT molecular complexity index is 972. The van der Waals surface area contributed by atoms with E-state index in [1.165, 1.54) is 6.42 Å². The molecule has 3 N–H and O–H groups in total. The first-order valence-electron chi connectivity index (χ1n) is 10.6. The van der Waals surface area contributed by atoms with Gasteiger partial charge < -0.3 is 30.3 Å². The molecule has 2 aromatic carbocycles. The molecule has 0 atom stereocenters. The zero-order valence-electron chi connectivity index (χ0n) is 17.7. The second-order valence-corrected chi connectivity index (χ2v) is 7.91. The van der Waals surface area contributed by atoms with Crippen molar-refractivity contribution in [2.24, 2.45) is 5.73 Å². The third kappa shape index (κ3) is 4.84. The summed E-state index contributed by atoms with van der Waals surface area (Å²) >= 11 is 0. The molecule has 31 heavy (non-hydrogen) atoms. The SMILES string of the molecule is CN(Cc1ccc2c(c1)OCCO2)C(=O)Nc1cc(C(N)=O)ccc1N1CCCCC1. The number of rotatable bonds is 5. The number of anilines is 2. The molecule has 0 unspecified atom stereocenters. The van der Waals surface area contributed by atoms with Crippen LogP contribution in [0.3, 0.4) is 0 Å². The molecule has 2 aliphatic heterocycles. The number of benzene rings is 2. The summed E-state index contributed by atoms with van der Waals surface area (Å²) in [4.78, 5) is 28.5. The minimum Gasteiger partial charge on any atom is -0.486 e. The smallest absolute Gasteiger partial charge is 0.321 e. The van der Waals surface area contributed by atoms with Gasteiger partial charge in [-0.05, 0) is 55.2 Å². The topological polar surface area (TPSA) is 97.1 Å². The van der Waals surface area contributed by atoms with Gasteiger partial charge in [0.15, 0.2) is 11.5 Å². The van der Waals surface area contributed by atoms with Crippen molar-refractivity contribution >= 4 is 23.3 Å². The third-order valence-corrected chi connectivity index (χ3v) is 5.59. The second-order valence-electron chi connectivity index (χ2n) is 7.91. The molecule has 0 aliphatic carbocycles. The number of ether oxygens (including phenoxy) is 2. The van der Waals surface area contributed by atoms with Gasteiger partial charge in [0.05, 0.1) is 11.4 Å². The van der Waals surface area contributed by atoms with Gasteiger partial charge in [-0.25, -0.2) is 4.79 Å². The molecule has 2 heterocycles. The molecule has 0 bridgehead atoms. The molecular formula is C23H28N4O4. The lowest BCUT2D eigenvalue weighted by atomic mass is 10.1. The van der Waals surface area contributed by atoms with Crippen LogP contribution in [0.2, 0.25) is 0 Å². The fourth-order valence-corrected chi connectivity index (χ4v) is 3.94. The van der Waals surface area contributed by atoms with Gasteiger partial charge in [-0.15, -0.1) is 0 Å². The van der Waals surface area contributed by atoms with E-state index >= 15 is 0 Å². The van der Waals surface area contributed by atoms with Crippen molar-refractivity contribution in [3.05, 3.63) is 47.5 Å². The maximum absolute atomic E-state index is 12.9. The Morgan fingerprint density at radius 3 is 2.52 bits per heavy atom. The van der Waals surface area contributed by atoms with Crippen LogP contribution in [-0.2, 0) is 6.54 Å². The highest BCUT2D eigenvalue weighted by atomic mass is 16.6. The summed E-state index contributed by atoms with van der Waals surface area (Å²) in [7, 11) is 1.73. The highest BCUT2D eigenvalue weighted by Crippen LogP contribution is 2.32. The Labute approximate surface area is 181 Å². The number of nitrogens with zero attached hydrogens (tertiary/aromatic N) is 2. The average molecular weight is 425 g/mol. The minimum absolute atomic E-state index is 0.269. The van der Waals surface area contributed by atoms with Gasteiger partial charge in [0.25, 0.3) is 0 Å². The molecule has 8 nitrogen and oxygen atoms in total.